The van der Waals surface area contributed by atoms with E-state index in [9.17, 15) is 0 Å². The molecule has 110 valence electrons. The summed E-state index contributed by atoms with van der Waals surface area (Å²) in [6, 6.07) is 6.60. The van der Waals surface area contributed by atoms with Crippen molar-refractivity contribution in [3.05, 3.63) is 51.6 Å². The third kappa shape index (κ3) is 2.33. The standard InChI is InChI=1S/C18H17N3S/c1-12-3-5-16-14(9-12)15-11-21(2)10-13(18(15)20-16)4-6-17-19-7-8-22-17/h3,5,7-9,13,20H,10-11H2,1-2H3. The van der Waals surface area contributed by atoms with Gasteiger partial charge in [0.15, 0.2) is 5.01 Å². The van der Waals surface area contributed by atoms with Gasteiger partial charge in [-0.3, -0.25) is 0 Å². The molecule has 2 aromatic heterocycles. The van der Waals surface area contributed by atoms with Gasteiger partial charge in [-0.05, 0) is 37.6 Å². The maximum absolute atomic E-state index is 4.25. The van der Waals surface area contributed by atoms with Crippen LogP contribution in [0.1, 0.15) is 27.7 Å². The summed E-state index contributed by atoms with van der Waals surface area (Å²) in [7, 11) is 2.16. The van der Waals surface area contributed by atoms with Gasteiger partial charge in [-0.2, -0.15) is 0 Å². The Bertz CT molecular complexity index is 880. The molecule has 0 bridgehead atoms. The van der Waals surface area contributed by atoms with Gasteiger partial charge in [-0.15, -0.1) is 11.3 Å². The van der Waals surface area contributed by atoms with Crippen molar-refractivity contribution in [2.45, 2.75) is 19.4 Å². The largest absolute Gasteiger partial charge is 0.357 e. The highest BCUT2D eigenvalue weighted by atomic mass is 32.1. The van der Waals surface area contributed by atoms with E-state index in [-0.39, 0.29) is 5.92 Å². The van der Waals surface area contributed by atoms with Gasteiger partial charge in [0.1, 0.15) is 0 Å². The molecule has 0 saturated heterocycles. The SMILES string of the molecule is Cc1ccc2[nH]c3c(c2c1)CN(C)CC3C#Cc1nccs1. The van der Waals surface area contributed by atoms with E-state index < -0.39 is 0 Å². The predicted octanol–water partition coefficient (Wildman–Crippen LogP) is 3.51. The van der Waals surface area contributed by atoms with Crippen LogP contribution in [0.4, 0.5) is 0 Å². The quantitative estimate of drug-likeness (QED) is 0.645. The number of likely N-dealkylation sites (N-methyl/N-ethyl adjacent to an activating group) is 1. The number of aromatic amines is 1. The number of rotatable bonds is 0. The van der Waals surface area contributed by atoms with E-state index in [1.807, 2.05) is 5.38 Å². The maximum Gasteiger partial charge on any atom is 0.166 e. The second-order valence-electron chi connectivity index (χ2n) is 5.92. The van der Waals surface area contributed by atoms with Crippen LogP contribution in [-0.2, 0) is 6.54 Å². The molecule has 3 aromatic rings. The molecule has 0 spiro atoms. The zero-order valence-corrected chi connectivity index (χ0v) is 13.5. The first-order valence-electron chi connectivity index (χ1n) is 7.41. The van der Waals surface area contributed by atoms with Crippen molar-refractivity contribution >= 4 is 22.2 Å². The van der Waals surface area contributed by atoms with Gasteiger partial charge in [-0.1, -0.05) is 17.6 Å². The second-order valence-corrected chi connectivity index (χ2v) is 6.82. The monoisotopic (exact) mass is 307 g/mol. The smallest absolute Gasteiger partial charge is 0.166 e. The van der Waals surface area contributed by atoms with Crippen LogP contribution < -0.4 is 0 Å². The maximum atomic E-state index is 4.25. The van der Waals surface area contributed by atoms with Crippen LogP contribution in [0.15, 0.2) is 29.8 Å². The Morgan fingerprint density at radius 3 is 3.14 bits per heavy atom. The van der Waals surface area contributed by atoms with Gasteiger partial charge in [-0.25, -0.2) is 4.98 Å². The minimum absolute atomic E-state index is 0.213. The molecule has 0 fully saturated rings. The summed E-state index contributed by atoms with van der Waals surface area (Å²) in [5, 5.41) is 4.19. The Labute approximate surface area is 134 Å². The highest BCUT2D eigenvalue weighted by Gasteiger charge is 2.25. The minimum atomic E-state index is 0.213. The van der Waals surface area contributed by atoms with Gasteiger partial charge >= 0.3 is 0 Å². The lowest BCUT2D eigenvalue weighted by Gasteiger charge is -2.27. The number of nitrogens with one attached hydrogen (secondary N) is 1. The number of nitrogens with zero attached hydrogens (tertiary/aromatic N) is 2. The number of H-pyrrole nitrogens is 1. The molecule has 22 heavy (non-hydrogen) atoms. The van der Waals surface area contributed by atoms with Crippen LogP contribution in [0.3, 0.4) is 0 Å². The zero-order chi connectivity index (χ0) is 15.1. The molecule has 0 radical (unpaired) electrons. The topological polar surface area (TPSA) is 31.9 Å². The molecule has 0 aliphatic carbocycles. The van der Waals surface area contributed by atoms with Crippen LogP contribution in [0.2, 0.25) is 0 Å². The summed E-state index contributed by atoms with van der Waals surface area (Å²) in [6.45, 7) is 4.08. The average Bonchev–Trinajstić information content (AvgIpc) is 3.12. The Kier molecular flexibility index (Phi) is 3.25. The number of aromatic nitrogens is 2. The van der Waals surface area contributed by atoms with Crippen molar-refractivity contribution in [3.8, 4) is 11.8 Å². The fourth-order valence-electron chi connectivity index (χ4n) is 3.14. The van der Waals surface area contributed by atoms with E-state index in [1.54, 1.807) is 17.5 Å². The summed E-state index contributed by atoms with van der Waals surface area (Å²) in [5.41, 5.74) is 5.19. The van der Waals surface area contributed by atoms with E-state index in [0.717, 1.165) is 18.1 Å². The highest BCUT2D eigenvalue weighted by Crippen LogP contribution is 2.33. The molecule has 4 heteroatoms. The predicted molar refractivity (Wildman–Crippen MR) is 91.1 cm³/mol. The number of hydrogen-bond acceptors (Lipinski definition) is 3. The minimum Gasteiger partial charge on any atom is -0.357 e. The highest BCUT2D eigenvalue weighted by molar-refractivity contribution is 7.10. The Morgan fingerprint density at radius 2 is 2.32 bits per heavy atom. The first-order chi connectivity index (χ1) is 10.7. The van der Waals surface area contributed by atoms with Gasteiger partial charge in [0.05, 0.1) is 5.92 Å². The van der Waals surface area contributed by atoms with E-state index in [1.165, 1.54) is 27.7 Å². The lowest BCUT2D eigenvalue weighted by Crippen LogP contribution is -2.29. The third-order valence-electron chi connectivity index (χ3n) is 4.15. The third-order valence-corrected chi connectivity index (χ3v) is 4.84. The zero-order valence-electron chi connectivity index (χ0n) is 12.7. The van der Waals surface area contributed by atoms with Crippen molar-refractivity contribution in [2.24, 2.45) is 0 Å². The Balaban J connectivity index is 1.81. The molecule has 1 aromatic carbocycles. The van der Waals surface area contributed by atoms with Crippen LogP contribution in [-0.4, -0.2) is 28.5 Å². The summed E-state index contributed by atoms with van der Waals surface area (Å²) in [6.07, 6.45) is 1.80. The molecule has 4 rings (SSSR count). The molecule has 3 heterocycles. The summed E-state index contributed by atoms with van der Waals surface area (Å²) in [5.74, 6) is 6.85. The number of fused-ring (bicyclic) bond motifs is 3. The van der Waals surface area contributed by atoms with Crippen LogP contribution >= 0.6 is 11.3 Å². The molecule has 1 N–H and O–H groups in total. The average molecular weight is 307 g/mol. The normalized spacial score (nSPS) is 18.0. The molecule has 1 aliphatic rings. The van der Waals surface area contributed by atoms with Crippen molar-refractivity contribution in [1.29, 1.82) is 0 Å². The van der Waals surface area contributed by atoms with E-state index in [2.05, 4.69) is 58.9 Å². The van der Waals surface area contributed by atoms with Crippen LogP contribution in [0, 0.1) is 18.8 Å². The van der Waals surface area contributed by atoms with Crippen LogP contribution in [0.5, 0.6) is 0 Å². The lowest BCUT2D eigenvalue weighted by atomic mass is 9.95. The van der Waals surface area contributed by atoms with E-state index in [0.29, 0.717) is 0 Å². The Morgan fingerprint density at radius 1 is 1.41 bits per heavy atom. The number of hydrogen-bond donors (Lipinski definition) is 1. The number of thiazole rings is 1. The molecule has 0 saturated carbocycles. The second kappa shape index (κ2) is 5.28. The summed E-state index contributed by atoms with van der Waals surface area (Å²) >= 11 is 1.59. The van der Waals surface area contributed by atoms with E-state index in [4.69, 9.17) is 0 Å². The fraction of sp³-hybridized carbons (Fsp3) is 0.278. The van der Waals surface area contributed by atoms with E-state index >= 15 is 0 Å². The van der Waals surface area contributed by atoms with Crippen LogP contribution in [0.25, 0.3) is 10.9 Å². The van der Waals surface area contributed by atoms with Crippen molar-refractivity contribution in [2.75, 3.05) is 13.6 Å². The lowest BCUT2D eigenvalue weighted by molar-refractivity contribution is 0.300. The Hall–Kier alpha value is -2.09. The van der Waals surface area contributed by atoms with Crippen molar-refractivity contribution < 1.29 is 0 Å². The molecule has 1 atom stereocenters. The molecule has 1 unspecified atom stereocenters. The molecular weight excluding hydrogens is 290 g/mol. The fourth-order valence-corrected chi connectivity index (χ4v) is 3.63. The van der Waals surface area contributed by atoms with Gasteiger partial charge in [0.2, 0.25) is 0 Å². The first kappa shape index (κ1) is 13.6. The van der Waals surface area contributed by atoms with Gasteiger partial charge < -0.3 is 9.88 Å². The summed E-state index contributed by atoms with van der Waals surface area (Å²) in [4.78, 5) is 10.2. The number of benzene rings is 1. The molecule has 3 nitrogen and oxygen atoms in total. The molecular formula is C18H17N3S. The molecule has 0 amide bonds. The van der Waals surface area contributed by atoms with Gasteiger partial charge in [0, 0.05) is 41.3 Å². The first-order valence-corrected chi connectivity index (χ1v) is 8.29. The summed E-state index contributed by atoms with van der Waals surface area (Å²) < 4.78 is 0. The van der Waals surface area contributed by atoms with Crippen molar-refractivity contribution in [3.63, 3.8) is 0 Å². The molecule has 1 aliphatic heterocycles. The van der Waals surface area contributed by atoms with Crippen molar-refractivity contribution in [1.82, 2.24) is 14.9 Å². The number of aryl methyl sites for hydroxylation is 1. The van der Waals surface area contributed by atoms with Gasteiger partial charge in [0.25, 0.3) is 0 Å².